The van der Waals surface area contributed by atoms with E-state index in [9.17, 15) is 18.0 Å². The van der Waals surface area contributed by atoms with E-state index in [0.717, 1.165) is 0 Å². The Morgan fingerprint density at radius 1 is 1.06 bits per heavy atom. The van der Waals surface area contributed by atoms with E-state index in [4.69, 9.17) is 5.73 Å². The number of fused-ring (bicyclic) bond motifs is 1. The van der Waals surface area contributed by atoms with Crippen molar-refractivity contribution in [3.63, 3.8) is 0 Å². The third-order valence-electron chi connectivity index (χ3n) is 5.72. The minimum Gasteiger partial charge on any atom is -0.364 e. The van der Waals surface area contributed by atoms with Gasteiger partial charge in [-0.3, -0.25) is 14.3 Å². The number of hydrogen-bond acceptors (Lipinski definition) is 6. The van der Waals surface area contributed by atoms with Gasteiger partial charge in [-0.1, -0.05) is 0 Å². The van der Waals surface area contributed by atoms with Crippen LogP contribution in [0.3, 0.4) is 0 Å². The first-order valence-corrected chi connectivity index (χ1v) is 11.5. The molecule has 1 aliphatic rings. The van der Waals surface area contributed by atoms with Crippen LogP contribution in [-0.2, 0) is 24.1 Å². The second kappa shape index (κ2) is 7.71. The second-order valence-electron chi connectivity index (χ2n) is 7.95. The summed E-state index contributed by atoms with van der Waals surface area (Å²) in [7, 11) is -0.465. The summed E-state index contributed by atoms with van der Waals surface area (Å²) in [5.74, 6) is -0.876. The molecule has 0 aromatic carbocycles. The highest BCUT2D eigenvalue weighted by molar-refractivity contribution is 7.89. The monoisotopic (exact) mass is 459 g/mol. The molecule has 12 heteroatoms. The smallest absolute Gasteiger partial charge is 0.265 e. The van der Waals surface area contributed by atoms with Gasteiger partial charge in [0.05, 0.1) is 16.6 Å². The number of primary amides is 1. The summed E-state index contributed by atoms with van der Waals surface area (Å²) in [4.78, 5) is 30.9. The van der Waals surface area contributed by atoms with Crippen molar-refractivity contribution < 1.29 is 18.0 Å². The molecule has 0 radical (unpaired) electrons. The maximum atomic E-state index is 13.3. The molecule has 11 nitrogen and oxygen atoms in total. The van der Waals surface area contributed by atoms with E-state index in [0.29, 0.717) is 28.0 Å². The lowest BCUT2D eigenvalue weighted by atomic mass is 10.1. The Balaban J connectivity index is 1.56. The van der Waals surface area contributed by atoms with Crippen LogP contribution in [0, 0.1) is 13.8 Å². The van der Waals surface area contributed by atoms with Crippen molar-refractivity contribution in [2.45, 2.75) is 18.7 Å². The zero-order chi connectivity index (χ0) is 23.4. The van der Waals surface area contributed by atoms with Gasteiger partial charge in [-0.15, -0.1) is 0 Å². The molecule has 2 amide bonds. The Kier molecular flexibility index (Phi) is 5.29. The van der Waals surface area contributed by atoms with E-state index in [2.05, 4.69) is 10.1 Å². The summed E-state index contributed by atoms with van der Waals surface area (Å²) in [6, 6.07) is 3.02. The fraction of sp³-hybridized carbons (Fsp3) is 0.400. The van der Waals surface area contributed by atoms with Crippen LogP contribution in [0.5, 0.6) is 0 Å². The van der Waals surface area contributed by atoms with Crippen LogP contribution < -0.4 is 5.73 Å². The molecule has 0 aliphatic carbocycles. The molecule has 32 heavy (non-hydrogen) atoms. The third-order valence-corrected chi connectivity index (χ3v) is 7.59. The Hall–Kier alpha value is -3.25. The lowest BCUT2D eigenvalue weighted by Gasteiger charge is -2.34. The number of rotatable bonds is 4. The second-order valence-corrected chi connectivity index (χ2v) is 9.89. The van der Waals surface area contributed by atoms with E-state index in [-0.39, 0.29) is 42.7 Å². The predicted molar refractivity (Wildman–Crippen MR) is 117 cm³/mol. The summed E-state index contributed by atoms with van der Waals surface area (Å²) >= 11 is 0. The van der Waals surface area contributed by atoms with Crippen LogP contribution in [0.4, 0.5) is 0 Å². The van der Waals surface area contributed by atoms with E-state index in [1.54, 1.807) is 29.7 Å². The van der Waals surface area contributed by atoms with E-state index in [1.807, 2.05) is 13.8 Å². The number of nitrogens with two attached hydrogens (primary N) is 1. The molecule has 2 N–H and O–H groups in total. The topological polar surface area (TPSA) is 136 Å². The van der Waals surface area contributed by atoms with Crippen molar-refractivity contribution >= 4 is 32.9 Å². The van der Waals surface area contributed by atoms with Crippen LogP contribution in [-0.4, -0.2) is 74.9 Å². The number of sulfonamides is 1. The number of pyridine rings is 1. The predicted octanol–water partition coefficient (Wildman–Crippen LogP) is 0.169. The zero-order valence-electron chi connectivity index (χ0n) is 18.4. The van der Waals surface area contributed by atoms with Gasteiger partial charge in [-0.05, 0) is 26.0 Å². The average Bonchev–Trinajstić information content (AvgIpc) is 3.27. The molecule has 170 valence electrons. The molecule has 4 rings (SSSR count). The number of carbonyl (C=O) groups is 2. The number of piperazine rings is 1. The number of aryl methyl sites for hydroxylation is 4. The first-order valence-electron chi connectivity index (χ1n) is 10.1. The summed E-state index contributed by atoms with van der Waals surface area (Å²) < 4.78 is 30.4. The van der Waals surface area contributed by atoms with E-state index >= 15 is 0 Å². The normalized spacial score (nSPS) is 15.4. The van der Waals surface area contributed by atoms with Gasteiger partial charge in [0.1, 0.15) is 10.6 Å². The van der Waals surface area contributed by atoms with Gasteiger partial charge in [0.2, 0.25) is 10.0 Å². The summed E-state index contributed by atoms with van der Waals surface area (Å²) in [6.45, 7) is 4.44. The minimum absolute atomic E-state index is 0.00558. The first-order chi connectivity index (χ1) is 15.0. The third kappa shape index (κ3) is 3.54. The van der Waals surface area contributed by atoms with Crippen molar-refractivity contribution in [1.82, 2.24) is 28.5 Å². The van der Waals surface area contributed by atoms with Gasteiger partial charge in [0.25, 0.3) is 11.8 Å². The maximum absolute atomic E-state index is 13.3. The fourth-order valence-corrected chi connectivity index (χ4v) is 5.60. The SMILES string of the molecule is Cc1cc(C(=O)N2CCN(S(=O)(=O)c3cc(C(N)=O)n(C)c3)CC2)c2c(C)nn(C)c2n1. The molecule has 0 saturated carbocycles. The Labute approximate surface area is 185 Å². The summed E-state index contributed by atoms with van der Waals surface area (Å²) in [5, 5.41) is 5.09. The maximum Gasteiger partial charge on any atom is 0.265 e. The lowest BCUT2D eigenvalue weighted by Crippen LogP contribution is -2.50. The van der Waals surface area contributed by atoms with Gasteiger partial charge < -0.3 is 15.2 Å². The van der Waals surface area contributed by atoms with Crippen LogP contribution in [0.25, 0.3) is 11.0 Å². The van der Waals surface area contributed by atoms with E-state index < -0.39 is 15.9 Å². The Morgan fingerprint density at radius 2 is 1.72 bits per heavy atom. The first kappa shape index (κ1) is 22.0. The number of amides is 2. The summed E-state index contributed by atoms with van der Waals surface area (Å²) in [6.07, 6.45) is 1.37. The number of hydrogen-bond donors (Lipinski definition) is 1. The van der Waals surface area contributed by atoms with Crippen molar-refractivity contribution in [2.24, 2.45) is 19.8 Å². The van der Waals surface area contributed by atoms with Crippen LogP contribution in [0.2, 0.25) is 0 Å². The Bertz CT molecular complexity index is 1350. The molecule has 0 unspecified atom stereocenters. The molecule has 3 aromatic rings. The molecule has 1 fully saturated rings. The molecular weight excluding hydrogens is 434 g/mol. The van der Waals surface area contributed by atoms with Gasteiger partial charge >= 0.3 is 0 Å². The average molecular weight is 460 g/mol. The molecule has 0 spiro atoms. The Morgan fingerprint density at radius 3 is 2.31 bits per heavy atom. The van der Waals surface area contributed by atoms with Gasteiger partial charge in [0.15, 0.2) is 5.65 Å². The quantitative estimate of drug-likeness (QED) is 0.591. The van der Waals surface area contributed by atoms with Crippen LogP contribution >= 0.6 is 0 Å². The van der Waals surface area contributed by atoms with Crippen molar-refractivity contribution in [3.8, 4) is 0 Å². The molecule has 1 saturated heterocycles. The minimum atomic E-state index is -3.81. The van der Waals surface area contributed by atoms with E-state index in [1.165, 1.54) is 21.1 Å². The van der Waals surface area contributed by atoms with Gasteiger partial charge in [-0.25, -0.2) is 13.4 Å². The highest BCUT2D eigenvalue weighted by atomic mass is 32.2. The molecule has 0 atom stereocenters. The fourth-order valence-electron chi connectivity index (χ4n) is 4.11. The molecule has 1 aliphatic heterocycles. The largest absolute Gasteiger partial charge is 0.364 e. The highest BCUT2D eigenvalue weighted by Gasteiger charge is 2.32. The number of aromatic nitrogens is 4. The van der Waals surface area contributed by atoms with Crippen molar-refractivity contribution in [2.75, 3.05) is 26.2 Å². The molecule has 0 bridgehead atoms. The van der Waals surface area contributed by atoms with Crippen molar-refractivity contribution in [3.05, 3.63) is 41.0 Å². The number of nitrogens with zero attached hydrogens (tertiary/aromatic N) is 6. The lowest BCUT2D eigenvalue weighted by molar-refractivity contribution is 0.0699. The van der Waals surface area contributed by atoms with Crippen LogP contribution in [0.1, 0.15) is 32.2 Å². The standard InChI is InChI=1S/C20H25N7O4S/c1-12-9-15(17-13(2)23-25(4)19(17)22-12)20(29)26-5-7-27(8-6-26)32(30,31)14-10-16(18(21)28)24(3)11-14/h9-11H,5-8H2,1-4H3,(H2,21,28). The van der Waals surface area contributed by atoms with Crippen LogP contribution in [0.15, 0.2) is 23.2 Å². The van der Waals surface area contributed by atoms with Gasteiger partial charge in [-0.2, -0.15) is 9.40 Å². The summed E-state index contributed by atoms with van der Waals surface area (Å²) in [5.41, 5.74) is 7.99. The highest BCUT2D eigenvalue weighted by Crippen LogP contribution is 2.25. The van der Waals surface area contributed by atoms with Crippen molar-refractivity contribution in [1.29, 1.82) is 0 Å². The molecule has 3 aromatic heterocycles. The van der Waals surface area contributed by atoms with Gasteiger partial charge in [0, 0.05) is 52.2 Å². The molecule has 4 heterocycles. The zero-order valence-corrected chi connectivity index (χ0v) is 19.2. The molecular formula is C20H25N7O4S. The number of carbonyl (C=O) groups excluding carboxylic acids is 2.